The van der Waals surface area contributed by atoms with Crippen LogP contribution in [-0.2, 0) is 4.79 Å². The second-order valence-electron chi connectivity index (χ2n) is 3.47. The van der Waals surface area contributed by atoms with Gasteiger partial charge < -0.3 is 10.6 Å². The molecule has 0 bridgehead atoms. The molecule has 0 atom stereocenters. The Labute approximate surface area is 102 Å². The second kappa shape index (κ2) is 4.54. The van der Waals surface area contributed by atoms with Crippen LogP contribution in [0.3, 0.4) is 0 Å². The van der Waals surface area contributed by atoms with Crippen molar-refractivity contribution in [3.8, 4) is 0 Å². The predicted octanol–water partition coefficient (Wildman–Crippen LogP) is 0.520. The first-order valence-corrected chi connectivity index (χ1v) is 5.99. The van der Waals surface area contributed by atoms with Crippen LogP contribution in [-0.4, -0.2) is 34.7 Å². The van der Waals surface area contributed by atoms with Gasteiger partial charge in [-0.2, -0.15) is 0 Å². The zero-order valence-corrected chi connectivity index (χ0v) is 10.1. The molecule has 0 fully saturated rings. The van der Waals surface area contributed by atoms with Gasteiger partial charge in [0.15, 0.2) is 17.1 Å². The average molecular weight is 252 g/mol. The molecule has 6 nitrogen and oxygen atoms in total. The van der Waals surface area contributed by atoms with Gasteiger partial charge in [0.05, 0.1) is 6.54 Å². The maximum absolute atomic E-state index is 11.1. The van der Waals surface area contributed by atoms with Gasteiger partial charge in [0, 0.05) is 18.1 Å². The number of hydrogen-bond donors (Lipinski definition) is 1. The summed E-state index contributed by atoms with van der Waals surface area (Å²) in [6.45, 7) is 2.50. The smallest absolute Gasteiger partial charge is 0.236 e. The minimum atomic E-state index is -0.444. The number of rotatable bonds is 5. The van der Waals surface area contributed by atoms with Gasteiger partial charge in [0.25, 0.3) is 0 Å². The lowest BCUT2D eigenvalue weighted by Gasteiger charge is -2.18. The van der Waals surface area contributed by atoms with E-state index < -0.39 is 5.91 Å². The van der Waals surface area contributed by atoms with Gasteiger partial charge in [-0.15, -0.1) is 11.3 Å². The van der Waals surface area contributed by atoms with E-state index in [-0.39, 0.29) is 6.54 Å². The Hall–Kier alpha value is -1.89. The van der Waals surface area contributed by atoms with Crippen molar-refractivity contribution in [3.63, 3.8) is 0 Å². The number of aldehydes is 1. The third kappa shape index (κ3) is 2.01. The van der Waals surface area contributed by atoms with Crippen LogP contribution in [0.5, 0.6) is 0 Å². The first-order valence-electron chi connectivity index (χ1n) is 5.11. The van der Waals surface area contributed by atoms with Crippen molar-refractivity contribution < 1.29 is 9.59 Å². The van der Waals surface area contributed by atoms with E-state index in [2.05, 4.69) is 4.98 Å². The molecule has 0 aromatic carbocycles. The van der Waals surface area contributed by atoms with Crippen LogP contribution in [0, 0.1) is 0 Å². The van der Waals surface area contributed by atoms with Gasteiger partial charge in [0.2, 0.25) is 5.91 Å². The highest BCUT2D eigenvalue weighted by molar-refractivity contribution is 7.15. The summed E-state index contributed by atoms with van der Waals surface area (Å²) in [5, 5.41) is 1.85. The second-order valence-corrected chi connectivity index (χ2v) is 4.35. The number of primary amides is 1. The standard InChI is InChI=1S/C10H12N4O2S/c1-2-13(5-8(11)16)9-7(6-15)14-3-4-17-10(14)12-9/h3-4,6H,2,5H2,1H3,(H2,11,16). The van der Waals surface area contributed by atoms with E-state index in [0.717, 1.165) is 11.2 Å². The van der Waals surface area contributed by atoms with E-state index in [1.807, 2.05) is 12.3 Å². The number of nitrogens with zero attached hydrogens (tertiary/aromatic N) is 3. The molecule has 2 heterocycles. The Morgan fingerprint density at radius 2 is 2.47 bits per heavy atom. The highest BCUT2D eigenvalue weighted by Crippen LogP contribution is 2.22. The van der Waals surface area contributed by atoms with Crippen molar-refractivity contribution in [2.75, 3.05) is 18.0 Å². The van der Waals surface area contributed by atoms with Gasteiger partial charge in [-0.1, -0.05) is 0 Å². The van der Waals surface area contributed by atoms with Crippen molar-refractivity contribution in [1.29, 1.82) is 0 Å². The topological polar surface area (TPSA) is 80.7 Å². The van der Waals surface area contributed by atoms with Crippen molar-refractivity contribution in [1.82, 2.24) is 9.38 Å². The predicted molar refractivity (Wildman–Crippen MR) is 65.5 cm³/mol. The third-order valence-corrected chi connectivity index (χ3v) is 3.18. The number of anilines is 1. The largest absolute Gasteiger partial charge is 0.368 e. The van der Waals surface area contributed by atoms with Crippen molar-refractivity contribution in [2.24, 2.45) is 5.73 Å². The number of imidazole rings is 1. The fourth-order valence-corrected chi connectivity index (χ4v) is 2.37. The molecule has 7 heteroatoms. The van der Waals surface area contributed by atoms with Gasteiger partial charge in [-0.3, -0.25) is 14.0 Å². The molecule has 2 aromatic heterocycles. The number of hydrogen-bond acceptors (Lipinski definition) is 5. The Kier molecular flexibility index (Phi) is 3.10. The van der Waals surface area contributed by atoms with E-state index in [0.29, 0.717) is 18.1 Å². The summed E-state index contributed by atoms with van der Waals surface area (Å²) in [7, 11) is 0. The van der Waals surface area contributed by atoms with Gasteiger partial charge in [-0.05, 0) is 6.92 Å². The molecule has 0 radical (unpaired) electrons. The normalized spacial score (nSPS) is 10.6. The first-order chi connectivity index (χ1) is 8.17. The Balaban J connectivity index is 2.48. The molecule has 0 saturated carbocycles. The quantitative estimate of drug-likeness (QED) is 0.787. The van der Waals surface area contributed by atoms with Crippen LogP contribution >= 0.6 is 11.3 Å². The summed E-state index contributed by atoms with van der Waals surface area (Å²) < 4.78 is 1.71. The van der Waals surface area contributed by atoms with E-state index >= 15 is 0 Å². The van der Waals surface area contributed by atoms with Gasteiger partial charge in [-0.25, -0.2) is 4.98 Å². The number of carbonyl (C=O) groups is 2. The molecule has 1 amide bonds. The highest BCUT2D eigenvalue weighted by Gasteiger charge is 2.18. The number of aromatic nitrogens is 2. The molecule has 2 aromatic rings. The zero-order chi connectivity index (χ0) is 12.4. The minimum Gasteiger partial charge on any atom is -0.368 e. The molecule has 0 aliphatic carbocycles. The molecule has 0 aliphatic heterocycles. The van der Waals surface area contributed by atoms with Crippen LogP contribution in [0.1, 0.15) is 17.4 Å². The molecule has 0 spiro atoms. The summed E-state index contributed by atoms with van der Waals surface area (Å²) in [5.74, 6) is 0.0632. The van der Waals surface area contributed by atoms with E-state index in [4.69, 9.17) is 5.73 Å². The van der Waals surface area contributed by atoms with Crippen LogP contribution in [0.25, 0.3) is 4.96 Å². The average Bonchev–Trinajstić information content (AvgIpc) is 2.84. The molecule has 0 unspecified atom stereocenters. The highest BCUT2D eigenvalue weighted by atomic mass is 32.1. The molecule has 0 saturated heterocycles. The Morgan fingerprint density at radius 1 is 1.71 bits per heavy atom. The zero-order valence-electron chi connectivity index (χ0n) is 9.29. The number of amides is 1. The maximum atomic E-state index is 11.1. The fraction of sp³-hybridized carbons (Fsp3) is 0.300. The number of carbonyl (C=O) groups excluding carboxylic acids is 2. The monoisotopic (exact) mass is 252 g/mol. The Bertz CT molecular complexity index is 560. The maximum Gasteiger partial charge on any atom is 0.236 e. The minimum absolute atomic E-state index is 0.0577. The number of fused-ring (bicyclic) bond motifs is 1. The molecule has 2 N–H and O–H groups in total. The van der Waals surface area contributed by atoms with E-state index in [1.165, 1.54) is 11.3 Å². The lowest BCUT2D eigenvalue weighted by Crippen LogP contribution is -2.34. The fourth-order valence-electron chi connectivity index (χ4n) is 1.66. The lowest BCUT2D eigenvalue weighted by molar-refractivity contribution is -0.116. The third-order valence-electron chi connectivity index (χ3n) is 2.42. The molecule has 90 valence electrons. The summed E-state index contributed by atoms with van der Waals surface area (Å²) >= 11 is 1.43. The summed E-state index contributed by atoms with van der Waals surface area (Å²) in [5.41, 5.74) is 5.61. The van der Waals surface area contributed by atoms with E-state index in [9.17, 15) is 9.59 Å². The summed E-state index contributed by atoms with van der Waals surface area (Å²) in [4.78, 5) is 28.8. The number of thiazole rings is 1. The summed E-state index contributed by atoms with van der Waals surface area (Å²) in [6, 6.07) is 0. The van der Waals surface area contributed by atoms with Crippen molar-refractivity contribution in [3.05, 3.63) is 17.3 Å². The molecule has 17 heavy (non-hydrogen) atoms. The summed E-state index contributed by atoms with van der Waals surface area (Å²) in [6.07, 6.45) is 2.52. The van der Waals surface area contributed by atoms with Crippen LogP contribution in [0.4, 0.5) is 5.82 Å². The number of nitrogens with two attached hydrogens (primary N) is 1. The molecular weight excluding hydrogens is 240 g/mol. The van der Waals surface area contributed by atoms with Gasteiger partial charge >= 0.3 is 0 Å². The molecular formula is C10H12N4O2S. The van der Waals surface area contributed by atoms with Crippen molar-refractivity contribution in [2.45, 2.75) is 6.92 Å². The van der Waals surface area contributed by atoms with Crippen LogP contribution in [0.15, 0.2) is 11.6 Å². The van der Waals surface area contributed by atoms with Crippen LogP contribution < -0.4 is 10.6 Å². The first kappa shape index (κ1) is 11.6. The molecule has 2 rings (SSSR count). The SMILES string of the molecule is CCN(CC(N)=O)c1nc2sccn2c1C=O. The number of likely N-dealkylation sites (N-methyl/N-ethyl adjacent to an activating group) is 1. The lowest BCUT2D eigenvalue weighted by atomic mass is 10.4. The van der Waals surface area contributed by atoms with E-state index in [1.54, 1.807) is 15.5 Å². The van der Waals surface area contributed by atoms with Crippen molar-refractivity contribution >= 4 is 34.3 Å². The van der Waals surface area contributed by atoms with Crippen LogP contribution in [0.2, 0.25) is 0 Å². The van der Waals surface area contributed by atoms with Gasteiger partial charge in [0.1, 0.15) is 5.69 Å². The molecule has 0 aliphatic rings. The Morgan fingerprint density at radius 3 is 3.06 bits per heavy atom.